The van der Waals surface area contributed by atoms with Crippen molar-refractivity contribution in [3.8, 4) is 0 Å². The Labute approximate surface area is 220 Å². The monoisotopic (exact) mass is 509 g/mol. The largest absolute Gasteiger partial charge is 0.378 e. The van der Waals surface area contributed by atoms with Crippen LogP contribution in [0.5, 0.6) is 0 Å². The number of likely N-dealkylation sites (tertiary alicyclic amines) is 1. The van der Waals surface area contributed by atoms with Crippen LogP contribution < -0.4 is 0 Å². The molecule has 1 saturated carbocycles. The van der Waals surface area contributed by atoms with Crippen molar-refractivity contribution in [1.82, 2.24) is 24.3 Å². The Morgan fingerprint density at radius 2 is 1.81 bits per heavy atom. The van der Waals surface area contributed by atoms with E-state index in [4.69, 9.17) is 9.72 Å². The van der Waals surface area contributed by atoms with E-state index in [1.54, 1.807) is 0 Å². The summed E-state index contributed by atoms with van der Waals surface area (Å²) in [7, 11) is 0. The van der Waals surface area contributed by atoms with Crippen molar-refractivity contribution in [3.05, 3.63) is 30.1 Å². The maximum absolute atomic E-state index is 14.3. The van der Waals surface area contributed by atoms with Gasteiger partial charge in [-0.25, -0.2) is 4.98 Å². The number of hydrogen-bond acceptors (Lipinski definition) is 5. The van der Waals surface area contributed by atoms with Crippen molar-refractivity contribution < 1.29 is 14.3 Å². The molecule has 0 N–H and O–H groups in total. The van der Waals surface area contributed by atoms with Crippen LogP contribution >= 0.6 is 0 Å². The first-order valence-electron chi connectivity index (χ1n) is 14.0. The van der Waals surface area contributed by atoms with Crippen LogP contribution in [-0.4, -0.2) is 93.6 Å². The predicted molar refractivity (Wildman–Crippen MR) is 144 cm³/mol. The van der Waals surface area contributed by atoms with E-state index in [1.807, 2.05) is 28.0 Å². The lowest BCUT2D eigenvalue weighted by molar-refractivity contribution is -0.143. The molecule has 0 spiro atoms. The third-order valence-electron chi connectivity index (χ3n) is 8.01. The van der Waals surface area contributed by atoms with Gasteiger partial charge in [-0.1, -0.05) is 26.0 Å². The van der Waals surface area contributed by atoms with Crippen LogP contribution in [0, 0.1) is 11.8 Å². The number of nitrogens with zero attached hydrogens (tertiary/aromatic N) is 5. The highest BCUT2D eigenvalue weighted by Gasteiger charge is 2.42. The van der Waals surface area contributed by atoms with Crippen molar-refractivity contribution in [1.29, 1.82) is 0 Å². The number of morpholine rings is 1. The van der Waals surface area contributed by atoms with Crippen molar-refractivity contribution in [2.75, 3.05) is 45.9 Å². The van der Waals surface area contributed by atoms with Crippen LogP contribution in [0.4, 0.5) is 0 Å². The maximum atomic E-state index is 14.3. The number of imidazole rings is 1. The van der Waals surface area contributed by atoms with E-state index >= 15 is 0 Å². The van der Waals surface area contributed by atoms with E-state index in [9.17, 15) is 9.59 Å². The molecule has 3 fully saturated rings. The Morgan fingerprint density at radius 3 is 2.46 bits per heavy atom. The smallest absolute Gasteiger partial charge is 0.290 e. The average Bonchev–Trinajstić information content (AvgIpc) is 3.65. The summed E-state index contributed by atoms with van der Waals surface area (Å²) in [6.45, 7) is 15.5. The zero-order valence-corrected chi connectivity index (χ0v) is 23.2. The van der Waals surface area contributed by atoms with Crippen LogP contribution in [0.25, 0.3) is 11.0 Å². The molecular formula is C29H43N5O3. The Bertz CT molecular complexity index is 1130. The molecule has 37 heavy (non-hydrogen) atoms. The molecule has 5 rings (SSSR count). The standard InChI is InChI=1S/C29H43N5O3/c1-20(2)17-33(28(36)26-30-24-8-6-7-9-25(24)34(26)22-10-11-22)23-16-21(18-32(19-23)29(3,4)5)27(35)31-12-14-37-15-13-31/h6-9,20-23H,10-19H2,1-5H3/t21-,23+/m1/s1. The summed E-state index contributed by atoms with van der Waals surface area (Å²) in [5.41, 5.74) is 1.82. The van der Waals surface area contributed by atoms with E-state index in [-0.39, 0.29) is 29.3 Å². The van der Waals surface area contributed by atoms with Crippen LogP contribution in [-0.2, 0) is 9.53 Å². The molecule has 2 atom stereocenters. The zero-order valence-electron chi connectivity index (χ0n) is 23.2. The fourth-order valence-corrected chi connectivity index (χ4v) is 5.88. The van der Waals surface area contributed by atoms with Gasteiger partial charge >= 0.3 is 0 Å². The van der Waals surface area contributed by atoms with E-state index in [0.717, 1.165) is 37.0 Å². The van der Waals surface area contributed by atoms with Gasteiger partial charge in [0.2, 0.25) is 11.7 Å². The molecule has 8 nitrogen and oxygen atoms in total. The van der Waals surface area contributed by atoms with Gasteiger partial charge in [0.05, 0.1) is 30.2 Å². The normalized spacial score (nSPS) is 23.6. The summed E-state index contributed by atoms with van der Waals surface area (Å²) in [5, 5.41) is 0. The Kier molecular flexibility index (Phi) is 7.33. The lowest BCUT2D eigenvalue weighted by Crippen LogP contribution is -2.60. The SMILES string of the molecule is CC(C)CN(C(=O)c1nc2ccccc2n1C1CC1)[C@H]1C[C@@H](C(=O)N2CCOCC2)CN(C(C)(C)C)C1. The molecule has 0 unspecified atom stereocenters. The molecule has 0 bridgehead atoms. The van der Waals surface area contributed by atoms with E-state index in [2.05, 4.69) is 50.2 Å². The summed E-state index contributed by atoms with van der Waals surface area (Å²) in [6, 6.07) is 8.37. The molecule has 8 heteroatoms. The molecule has 1 aromatic heterocycles. The summed E-state index contributed by atoms with van der Waals surface area (Å²) >= 11 is 0. The lowest BCUT2D eigenvalue weighted by Gasteiger charge is -2.48. The molecule has 0 radical (unpaired) electrons. The van der Waals surface area contributed by atoms with Gasteiger partial charge in [-0.15, -0.1) is 0 Å². The quantitative estimate of drug-likeness (QED) is 0.592. The number of hydrogen-bond donors (Lipinski definition) is 0. The number of rotatable bonds is 6. The first kappa shape index (κ1) is 26.2. The zero-order chi connectivity index (χ0) is 26.3. The van der Waals surface area contributed by atoms with Gasteiger partial charge in [0, 0.05) is 50.3 Å². The Balaban J connectivity index is 1.48. The Hall–Kier alpha value is -2.45. The molecule has 3 heterocycles. The molecule has 1 aliphatic carbocycles. The number of aromatic nitrogens is 2. The molecule has 3 aliphatic rings. The highest BCUT2D eigenvalue weighted by Crippen LogP contribution is 2.39. The third kappa shape index (κ3) is 5.55. The van der Waals surface area contributed by atoms with Gasteiger partial charge in [0.1, 0.15) is 0 Å². The molecule has 2 aliphatic heterocycles. The molecule has 2 aromatic rings. The molecular weight excluding hydrogens is 466 g/mol. The summed E-state index contributed by atoms with van der Waals surface area (Å²) in [5.74, 6) is 0.912. The van der Waals surface area contributed by atoms with Gasteiger partial charge < -0.3 is 19.1 Å². The molecule has 202 valence electrons. The maximum Gasteiger partial charge on any atom is 0.290 e. The summed E-state index contributed by atoms with van der Waals surface area (Å²) in [4.78, 5) is 39.3. The fraction of sp³-hybridized carbons (Fsp3) is 0.690. The van der Waals surface area contributed by atoms with Gasteiger partial charge in [-0.2, -0.15) is 0 Å². The summed E-state index contributed by atoms with van der Waals surface area (Å²) in [6.07, 6.45) is 2.86. The predicted octanol–water partition coefficient (Wildman–Crippen LogP) is 3.82. The van der Waals surface area contributed by atoms with E-state index in [0.29, 0.717) is 57.1 Å². The number of carbonyl (C=O) groups excluding carboxylic acids is 2. The molecule has 1 aromatic carbocycles. The lowest BCUT2D eigenvalue weighted by atomic mass is 9.88. The van der Waals surface area contributed by atoms with Gasteiger partial charge in [-0.05, 0) is 58.1 Å². The average molecular weight is 510 g/mol. The molecule has 2 saturated heterocycles. The van der Waals surface area contributed by atoms with Crippen LogP contribution in [0.2, 0.25) is 0 Å². The van der Waals surface area contributed by atoms with Crippen LogP contribution in [0.1, 0.15) is 70.5 Å². The minimum absolute atomic E-state index is 0.00451. The fourth-order valence-electron chi connectivity index (χ4n) is 5.88. The number of carbonyl (C=O) groups is 2. The van der Waals surface area contributed by atoms with Crippen molar-refractivity contribution in [3.63, 3.8) is 0 Å². The Morgan fingerprint density at radius 1 is 1.11 bits per heavy atom. The first-order chi connectivity index (χ1) is 17.6. The van der Waals surface area contributed by atoms with Crippen molar-refractivity contribution in [2.24, 2.45) is 11.8 Å². The minimum atomic E-state index is -0.138. The van der Waals surface area contributed by atoms with Gasteiger partial charge in [0.15, 0.2) is 0 Å². The number of amides is 2. The van der Waals surface area contributed by atoms with Crippen LogP contribution in [0.15, 0.2) is 24.3 Å². The van der Waals surface area contributed by atoms with Crippen LogP contribution in [0.3, 0.4) is 0 Å². The number of benzene rings is 1. The molecule has 2 amide bonds. The highest BCUT2D eigenvalue weighted by atomic mass is 16.5. The topological polar surface area (TPSA) is 70.9 Å². The van der Waals surface area contributed by atoms with Crippen molar-refractivity contribution in [2.45, 2.75) is 71.5 Å². The second-order valence-corrected chi connectivity index (χ2v) is 12.5. The second-order valence-electron chi connectivity index (χ2n) is 12.5. The summed E-state index contributed by atoms with van der Waals surface area (Å²) < 4.78 is 7.66. The van der Waals surface area contributed by atoms with E-state index in [1.165, 1.54) is 0 Å². The number of ether oxygens (including phenoxy) is 1. The first-order valence-corrected chi connectivity index (χ1v) is 14.0. The van der Waals surface area contributed by atoms with Gasteiger partial charge in [0.25, 0.3) is 5.91 Å². The van der Waals surface area contributed by atoms with Crippen molar-refractivity contribution >= 4 is 22.8 Å². The third-order valence-corrected chi connectivity index (χ3v) is 8.01. The second kappa shape index (κ2) is 10.4. The number of para-hydroxylation sites is 2. The number of fused-ring (bicyclic) bond motifs is 1. The minimum Gasteiger partial charge on any atom is -0.378 e. The van der Waals surface area contributed by atoms with E-state index < -0.39 is 0 Å². The van der Waals surface area contributed by atoms with Gasteiger partial charge in [-0.3, -0.25) is 14.5 Å². The number of piperidine rings is 1. The highest BCUT2D eigenvalue weighted by molar-refractivity contribution is 5.95.